The molecular weight excluding hydrogens is 372 g/mol. The number of carbonyl (C=O) groups is 1. The fraction of sp³-hybridized carbons (Fsp3) is 0.105. The standard InChI is InChI=1S/C19H17ClN2O3S/c1-22(13-19(23)21-18-9-5-4-8-17(18)20)26(24,25)16-11-10-14-6-2-3-7-15(14)12-16/h2-12H,13H2,1H3,(H,21,23). The number of sulfonamides is 1. The van der Waals surface area contributed by atoms with Crippen molar-refractivity contribution in [1.29, 1.82) is 0 Å². The number of likely N-dealkylation sites (N-methyl/N-ethyl adjacent to an activating group) is 1. The van der Waals surface area contributed by atoms with Crippen molar-refractivity contribution < 1.29 is 13.2 Å². The number of benzene rings is 3. The van der Waals surface area contributed by atoms with E-state index in [0.29, 0.717) is 10.7 Å². The Balaban J connectivity index is 1.77. The number of nitrogens with one attached hydrogen (secondary N) is 1. The molecule has 0 saturated carbocycles. The van der Waals surface area contributed by atoms with Crippen molar-refractivity contribution in [1.82, 2.24) is 4.31 Å². The number of para-hydroxylation sites is 1. The first-order valence-electron chi connectivity index (χ1n) is 7.87. The van der Waals surface area contributed by atoms with Crippen LogP contribution in [0.1, 0.15) is 0 Å². The molecule has 0 spiro atoms. The zero-order valence-electron chi connectivity index (χ0n) is 14.0. The molecule has 0 aromatic heterocycles. The van der Waals surface area contributed by atoms with Gasteiger partial charge in [0, 0.05) is 7.05 Å². The van der Waals surface area contributed by atoms with Crippen LogP contribution in [0.2, 0.25) is 5.02 Å². The topological polar surface area (TPSA) is 66.5 Å². The summed E-state index contributed by atoms with van der Waals surface area (Å²) in [5, 5.41) is 4.78. The van der Waals surface area contributed by atoms with Crippen molar-refractivity contribution in [2.24, 2.45) is 0 Å². The molecule has 134 valence electrons. The summed E-state index contributed by atoms with van der Waals surface area (Å²) in [7, 11) is -2.42. The molecule has 0 saturated heterocycles. The molecule has 0 heterocycles. The van der Waals surface area contributed by atoms with Gasteiger partial charge in [-0.1, -0.05) is 54.1 Å². The van der Waals surface area contributed by atoms with E-state index in [0.717, 1.165) is 15.1 Å². The second-order valence-corrected chi connectivity index (χ2v) is 8.25. The first-order valence-corrected chi connectivity index (χ1v) is 9.69. The van der Waals surface area contributed by atoms with Gasteiger partial charge in [0.15, 0.2) is 0 Å². The number of anilines is 1. The van der Waals surface area contributed by atoms with Crippen LogP contribution >= 0.6 is 11.6 Å². The van der Waals surface area contributed by atoms with Gasteiger partial charge in [-0.25, -0.2) is 8.42 Å². The highest BCUT2D eigenvalue weighted by Crippen LogP contribution is 2.22. The van der Waals surface area contributed by atoms with Crippen molar-refractivity contribution in [3.63, 3.8) is 0 Å². The Morgan fingerprint density at radius 1 is 1.00 bits per heavy atom. The van der Waals surface area contributed by atoms with Gasteiger partial charge in [-0.15, -0.1) is 0 Å². The van der Waals surface area contributed by atoms with E-state index in [-0.39, 0.29) is 11.4 Å². The van der Waals surface area contributed by atoms with Crippen LogP contribution in [0.4, 0.5) is 5.69 Å². The molecule has 1 amide bonds. The predicted octanol–water partition coefficient (Wildman–Crippen LogP) is 3.75. The number of fused-ring (bicyclic) bond motifs is 1. The average molecular weight is 389 g/mol. The molecule has 5 nitrogen and oxygen atoms in total. The molecule has 3 aromatic carbocycles. The van der Waals surface area contributed by atoms with E-state index in [1.807, 2.05) is 24.3 Å². The quantitative estimate of drug-likeness (QED) is 0.723. The summed E-state index contributed by atoms with van der Waals surface area (Å²) < 4.78 is 26.5. The lowest BCUT2D eigenvalue weighted by Crippen LogP contribution is -2.35. The Bertz CT molecular complexity index is 1070. The first kappa shape index (κ1) is 18.4. The maximum atomic E-state index is 12.8. The number of amides is 1. The molecule has 0 aliphatic carbocycles. The molecule has 0 aliphatic heterocycles. The minimum Gasteiger partial charge on any atom is -0.324 e. The largest absolute Gasteiger partial charge is 0.324 e. The van der Waals surface area contributed by atoms with Crippen LogP contribution in [-0.2, 0) is 14.8 Å². The Kier molecular flexibility index (Phi) is 5.27. The number of hydrogen-bond acceptors (Lipinski definition) is 3. The van der Waals surface area contributed by atoms with Gasteiger partial charge in [-0.2, -0.15) is 4.31 Å². The fourth-order valence-corrected chi connectivity index (χ4v) is 3.89. The van der Waals surface area contributed by atoms with Gasteiger partial charge in [0.1, 0.15) is 0 Å². The number of hydrogen-bond donors (Lipinski definition) is 1. The number of halogens is 1. The van der Waals surface area contributed by atoms with Crippen LogP contribution in [0.25, 0.3) is 10.8 Å². The van der Waals surface area contributed by atoms with E-state index < -0.39 is 15.9 Å². The van der Waals surface area contributed by atoms with Crippen LogP contribution in [-0.4, -0.2) is 32.2 Å². The second kappa shape index (κ2) is 7.45. The molecule has 0 unspecified atom stereocenters. The smallest absolute Gasteiger partial charge is 0.243 e. The third-order valence-electron chi connectivity index (χ3n) is 3.94. The van der Waals surface area contributed by atoms with E-state index in [2.05, 4.69) is 5.32 Å². The Hall–Kier alpha value is -2.41. The van der Waals surface area contributed by atoms with E-state index in [1.165, 1.54) is 7.05 Å². The molecule has 0 fully saturated rings. The Morgan fingerprint density at radius 2 is 1.65 bits per heavy atom. The average Bonchev–Trinajstić information content (AvgIpc) is 2.63. The third-order valence-corrected chi connectivity index (χ3v) is 6.07. The van der Waals surface area contributed by atoms with Gasteiger partial charge in [0.05, 0.1) is 22.2 Å². The molecule has 0 radical (unpaired) electrons. The third kappa shape index (κ3) is 3.88. The number of nitrogens with zero attached hydrogens (tertiary/aromatic N) is 1. The minimum absolute atomic E-state index is 0.143. The van der Waals surface area contributed by atoms with Gasteiger partial charge >= 0.3 is 0 Å². The SMILES string of the molecule is CN(CC(=O)Nc1ccccc1Cl)S(=O)(=O)c1ccc2ccccc2c1. The van der Waals surface area contributed by atoms with E-state index in [4.69, 9.17) is 11.6 Å². The van der Waals surface area contributed by atoms with Crippen molar-refractivity contribution in [2.45, 2.75) is 4.90 Å². The van der Waals surface area contributed by atoms with Gasteiger partial charge in [0.25, 0.3) is 0 Å². The van der Waals surface area contributed by atoms with Crippen LogP contribution in [0.15, 0.2) is 71.6 Å². The Morgan fingerprint density at radius 3 is 2.38 bits per heavy atom. The lowest BCUT2D eigenvalue weighted by Gasteiger charge is -2.17. The predicted molar refractivity (Wildman–Crippen MR) is 104 cm³/mol. The van der Waals surface area contributed by atoms with Gasteiger partial charge < -0.3 is 5.32 Å². The molecule has 0 aliphatic rings. The summed E-state index contributed by atoms with van der Waals surface area (Å²) >= 11 is 6.00. The van der Waals surface area contributed by atoms with Gasteiger partial charge in [-0.3, -0.25) is 4.79 Å². The van der Waals surface area contributed by atoms with Crippen molar-refractivity contribution in [3.05, 3.63) is 71.8 Å². The second-order valence-electron chi connectivity index (χ2n) is 5.80. The molecule has 0 atom stereocenters. The first-order chi connectivity index (χ1) is 12.4. The lowest BCUT2D eigenvalue weighted by molar-refractivity contribution is -0.116. The summed E-state index contributed by atoms with van der Waals surface area (Å²) in [6.07, 6.45) is 0. The number of carbonyl (C=O) groups excluding carboxylic acids is 1. The summed E-state index contributed by atoms with van der Waals surface area (Å²) in [4.78, 5) is 12.3. The minimum atomic E-state index is -3.79. The summed E-state index contributed by atoms with van der Waals surface area (Å²) in [6.45, 7) is -0.319. The van der Waals surface area contributed by atoms with Crippen LogP contribution in [0, 0.1) is 0 Å². The van der Waals surface area contributed by atoms with Gasteiger partial charge in [0.2, 0.25) is 15.9 Å². The van der Waals surface area contributed by atoms with Crippen LogP contribution < -0.4 is 5.32 Å². The van der Waals surface area contributed by atoms with E-state index in [9.17, 15) is 13.2 Å². The maximum Gasteiger partial charge on any atom is 0.243 e. The van der Waals surface area contributed by atoms with Crippen LogP contribution in [0.3, 0.4) is 0 Å². The molecule has 26 heavy (non-hydrogen) atoms. The van der Waals surface area contributed by atoms with E-state index >= 15 is 0 Å². The van der Waals surface area contributed by atoms with Crippen LogP contribution in [0.5, 0.6) is 0 Å². The summed E-state index contributed by atoms with van der Waals surface area (Å²) in [5.41, 5.74) is 0.440. The molecule has 1 N–H and O–H groups in total. The molecule has 0 bridgehead atoms. The lowest BCUT2D eigenvalue weighted by atomic mass is 10.1. The van der Waals surface area contributed by atoms with Crippen molar-refractivity contribution in [3.8, 4) is 0 Å². The highest BCUT2D eigenvalue weighted by atomic mass is 35.5. The monoisotopic (exact) mass is 388 g/mol. The fourth-order valence-electron chi connectivity index (χ4n) is 2.55. The van der Waals surface area contributed by atoms with E-state index in [1.54, 1.807) is 42.5 Å². The maximum absolute atomic E-state index is 12.8. The Labute approximate surface area is 157 Å². The highest BCUT2D eigenvalue weighted by molar-refractivity contribution is 7.89. The molecular formula is C19H17ClN2O3S. The van der Waals surface area contributed by atoms with Gasteiger partial charge in [-0.05, 0) is 35.0 Å². The molecule has 3 aromatic rings. The van der Waals surface area contributed by atoms with Crippen molar-refractivity contribution in [2.75, 3.05) is 18.9 Å². The highest BCUT2D eigenvalue weighted by Gasteiger charge is 2.23. The zero-order chi connectivity index (χ0) is 18.7. The molecule has 7 heteroatoms. The molecule has 3 rings (SSSR count). The summed E-state index contributed by atoms with van der Waals surface area (Å²) in [6, 6.07) is 19.2. The normalized spacial score (nSPS) is 11.7. The summed E-state index contributed by atoms with van der Waals surface area (Å²) in [5.74, 6) is -0.468. The number of rotatable bonds is 5. The zero-order valence-corrected chi connectivity index (χ0v) is 15.6. The van der Waals surface area contributed by atoms with Crippen molar-refractivity contribution >= 4 is 44.0 Å².